The average Bonchev–Trinajstić information content (AvgIpc) is 2.87. The zero-order valence-corrected chi connectivity index (χ0v) is 9.54. The fourth-order valence-corrected chi connectivity index (χ4v) is 1.67. The third-order valence-corrected chi connectivity index (χ3v) is 2.50. The molecule has 92 valence electrons. The summed E-state index contributed by atoms with van der Waals surface area (Å²) in [4.78, 5) is 24.5. The van der Waals surface area contributed by atoms with Crippen molar-refractivity contribution in [3.05, 3.63) is 52.3 Å². The molecule has 18 heavy (non-hydrogen) atoms. The maximum atomic E-state index is 11.5. The SMILES string of the molecule is COC(=O)c1[nH]ccc1-c1cccc([N+](=O)[O-])c1. The van der Waals surface area contributed by atoms with Gasteiger partial charge in [-0.2, -0.15) is 0 Å². The van der Waals surface area contributed by atoms with Gasteiger partial charge in [0.05, 0.1) is 12.0 Å². The van der Waals surface area contributed by atoms with Crippen LogP contribution in [0.5, 0.6) is 0 Å². The van der Waals surface area contributed by atoms with Gasteiger partial charge in [-0.3, -0.25) is 10.1 Å². The molecular weight excluding hydrogens is 236 g/mol. The molecule has 0 aliphatic heterocycles. The van der Waals surface area contributed by atoms with E-state index in [0.717, 1.165) is 0 Å². The molecule has 0 spiro atoms. The van der Waals surface area contributed by atoms with Crippen molar-refractivity contribution in [3.8, 4) is 11.1 Å². The van der Waals surface area contributed by atoms with Crippen LogP contribution in [0.2, 0.25) is 0 Å². The van der Waals surface area contributed by atoms with E-state index in [2.05, 4.69) is 9.72 Å². The van der Waals surface area contributed by atoms with Crippen LogP contribution in [-0.2, 0) is 4.74 Å². The molecule has 1 aromatic heterocycles. The van der Waals surface area contributed by atoms with Crippen molar-refractivity contribution in [2.45, 2.75) is 0 Å². The minimum absolute atomic E-state index is 0.0236. The van der Waals surface area contributed by atoms with Gasteiger partial charge in [-0.15, -0.1) is 0 Å². The minimum atomic E-state index is -0.512. The van der Waals surface area contributed by atoms with Crippen molar-refractivity contribution in [3.63, 3.8) is 0 Å². The lowest BCUT2D eigenvalue weighted by atomic mass is 10.1. The van der Waals surface area contributed by atoms with Crippen LogP contribution >= 0.6 is 0 Å². The van der Waals surface area contributed by atoms with Gasteiger partial charge >= 0.3 is 5.97 Å². The zero-order chi connectivity index (χ0) is 13.1. The largest absolute Gasteiger partial charge is 0.464 e. The van der Waals surface area contributed by atoms with Crippen molar-refractivity contribution < 1.29 is 14.5 Å². The number of H-pyrrole nitrogens is 1. The molecule has 0 aliphatic rings. The maximum absolute atomic E-state index is 11.5. The number of carbonyl (C=O) groups is 1. The van der Waals surface area contributed by atoms with Gasteiger partial charge in [0.15, 0.2) is 0 Å². The van der Waals surface area contributed by atoms with E-state index in [1.807, 2.05) is 0 Å². The monoisotopic (exact) mass is 246 g/mol. The summed E-state index contributed by atoms with van der Waals surface area (Å²) >= 11 is 0. The fraction of sp³-hybridized carbons (Fsp3) is 0.0833. The first-order valence-corrected chi connectivity index (χ1v) is 5.14. The second-order valence-corrected chi connectivity index (χ2v) is 3.57. The lowest BCUT2D eigenvalue weighted by Crippen LogP contribution is -2.03. The van der Waals surface area contributed by atoms with Gasteiger partial charge in [-0.25, -0.2) is 4.79 Å². The van der Waals surface area contributed by atoms with E-state index < -0.39 is 10.9 Å². The smallest absolute Gasteiger partial charge is 0.355 e. The Hall–Kier alpha value is -2.63. The summed E-state index contributed by atoms with van der Waals surface area (Å²) < 4.78 is 4.63. The molecule has 0 unspecified atom stereocenters. The molecule has 0 saturated carbocycles. The van der Waals surface area contributed by atoms with Crippen LogP contribution < -0.4 is 0 Å². The Morgan fingerprint density at radius 1 is 1.39 bits per heavy atom. The molecule has 0 bridgehead atoms. The molecule has 0 fully saturated rings. The Balaban J connectivity index is 2.49. The molecular formula is C12H10N2O4. The number of nitro groups is 1. The van der Waals surface area contributed by atoms with E-state index in [-0.39, 0.29) is 11.4 Å². The van der Waals surface area contributed by atoms with Crippen molar-refractivity contribution in [2.24, 2.45) is 0 Å². The molecule has 0 saturated heterocycles. The molecule has 2 aromatic rings. The number of methoxy groups -OCH3 is 1. The van der Waals surface area contributed by atoms with Crippen LogP contribution in [0.3, 0.4) is 0 Å². The van der Waals surface area contributed by atoms with Crippen LogP contribution in [0.4, 0.5) is 5.69 Å². The van der Waals surface area contributed by atoms with Crippen LogP contribution in [0.25, 0.3) is 11.1 Å². The number of nitrogens with one attached hydrogen (secondary N) is 1. The first kappa shape index (κ1) is 11.8. The number of nitro benzene ring substituents is 1. The van der Waals surface area contributed by atoms with Crippen LogP contribution in [0, 0.1) is 10.1 Å². The number of aromatic amines is 1. The summed E-state index contributed by atoms with van der Waals surface area (Å²) in [6, 6.07) is 7.75. The van der Waals surface area contributed by atoms with Gasteiger partial charge in [0.1, 0.15) is 5.69 Å². The van der Waals surface area contributed by atoms with Gasteiger partial charge in [-0.05, 0) is 11.6 Å². The molecule has 1 aromatic carbocycles. The normalized spacial score (nSPS) is 10.1. The number of rotatable bonds is 3. The van der Waals surface area contributed by atoms with Gasteiger partial charge in [0, 0.05) is 23.9 Å². The Kier molecular flexibility index (Phi) is 3.09. The highest BCUT2D eigenvalue weighted by molar-refractivity contribution is 5.95. The molecule has 6 heteroatoms. The Bertz CT molecular complexity index is 604. The number of carbonyl (C=O) groups excluding carboxylic acids is 1. The molecule has 1 N–H and O–H groups in total. The summed E-state index contributed by atoms with van der Waals surface area (Å²) in [5, 5.41) is 10.7. The van der Waals surface area contributed by atoms with E-state index in [0.29, 0.717) is 11.1 Å². The molecule has 0 atom stereocenters. The lowest BCUT2D eigenvalue weighted by molar-refractivity contribution is -0.384. The number of esters is 1. The number of hydrogen-bond acceptors (Lipinski definition) is 4. The van der Waals surface area contributed by atoms with Gasteiger partial charge in [0.2, 0.25) is 0 Å². The van der Waals surface area contributed by atoms with E-state index in [1.54, 1.807) is 24.4 Å². The molecule has 0 radical (unpaired) electrons. The zero-order valence-electron chi connectivity index (χ0n) is 9.54. The summed E-state index contributed by atoms with van der Waals surface area (Å²) in [6.45, 7) is 0. The topological polar surface area (TPSA) is 85.2 Å². The third kappa shape index (κ3) is 2.08. The summed E-state index contributed by atoms with van der Waals surface area (Å²) in [6.07, 6.45) is 1.58. The highest BCUT2D eigenvalue weighted by Gasteiger charge is 2.16. The standard InChI is InChI=1S/C12H10N2O4/c1-18-12(15)11-10(5-6-13-11)8-3-2-4-9(7-8)14(16)17/h2-7,13H,1H3. The van der Waals surface area contributed by atoms with Gasteiger partial charge in [0.25, 0.3) is 5.69 Å². The average molecular weight is 246 g/mol. The van der Waals surface area contributed by atoms with Crippen molar-refractivity contribution in [1.82, 2.24) is 4.98 Å². The number of nitrogens with zero attached hydrogens (tertiary/aromatic N) is 1. The molecule has 1 heterocycles. The predicted molar refractivity (Wildman–Crippen MR) is 64.2 cm³/mol. The second-order valence-electron chi connectivity index (χ2n) is 3.57. The van der Waals surface area contributed by atoms with Crippen molar-refractivity contribution >= 4 is 11.7 Å². The quantitative estimate of drug-likeness (QED) is 0.511. The maximum Gasteiger partial charge on any atom is 0.355 e. The molecule has 2 rings (SSSR count). The number of hydrogen-bond donors (Lipinski definition) is 1. The van der Waals surface area contributed by atoms with Crippen LogP contribution in [0.15, 0.2) is 36.5 Å². The highest BCUT2D eigenvalue weighted by Crippen LogP contribution is 2.26. The Morgan fingerprint density at radius 3 is 2.83 bits per heavy atom. The first-order valence-electron chi connectivity index (χ1n) is 5.14. The van der Waals surface area contributed by atoms with E-state index in [1.165, 1.54) is 19.2 Å². The summed E-state index contributed by atoms with van der Waals surface area (Å²) in [5.41, 5.74) is 1.42. The Labute approximate surface area is 102 Å². The fourth-order valence-electron chi connectivity index (χ4n) is 1.67. The number of non-ortho nitro benzene ring substituents is 1. The summed E-state index contributed by atoms with van der Waals surface area (Å²) in [7, 11) is 1.28. The number of ether oxygens (including phenoxy) is 1. The van der Waals surface area contributed by atoms with Gasteiger partial charge in [-0.1, -0.05) is 12.1 Å². The van der Waals surface area contributed by atoms with Crippen molar-refractivity contribution in [1.29, 1.82) is 0 Å². The highest BCUT2D eigenvalue weighted by atomic mass is 16.6. The van der Waals surface area contributed by atoms with Crippen LogP contribution in [0.1, 0.15) is 10.5 Å². The van der Waals surface area contributed by atoms with Crippen LogP contribution in [-0.4, -0.2) is 23.0 Å². The molecule has 6 nitrogen and oxygen atoms in total. The van der Waals surface area contributed by atoms with E-state index in [9.17, 15) is 14.9 Å². The predicted octanol–water partition coefficient (Wildman–Crippen LogP) is 2.38. The number of benzene rings is 1. The molecule has 0 amide bonds. The second kappa shape index (κ2) is 4.70. The minimum Gasteiger partial charge on any atom is -0.464 e. The van der Waals surface area contributed by atoms with E-state index >= 15 is 0 Å². The van der Waals surface area contributed by atoms with Crippen molar-refractivity contribution in [2.75, 3.05) is 7.11 Å². The van der Waals surface area contributed by atoms with Gasteiger partial charge < -0.3 is 9.72 Å². The first-order chi connectivity index (χ1) is 8.63. The summed E-state index contributed by atoms with van der Waals surface area (Å²) in [5.74, 6) is -0.512. The third-order valence-electron chi connectivity index (χ3n) is 2.50. The lowest BCUT2D eigenvalue weighted by Gasteiger charge is -2.02. The Morgan fingerprint density at radius 2 is 2.17 bits per heavy atom. The van der Waals surface area contributed by atoms with E-state index in [4.69, 9.17) is 0 Å². The molecule has 0 aliphatic carbocycles. The number of aromatic nitrogens is 1.